The van der Waals surface area contributed by atoms with E-state index >= 15 is 0 Å². The zero-order chi connectivity index (χ0) is 17.0. The first-order chi connectivity index (χ1) is 10.8. The van der Waals surface area contributed by atoms with E-state index in [0.29, 0.717) is 5.56 Å². The minimum atomic E-state index is -4.64. The Morgan fingerprint density at radius 2 is 1.74 bits per heavy atom. The first kappa shape index (κ1) is 16.5. The van der Waals surface area contributed by atoms with E-state index in [1.165, 1.54) is 30.3 Å². The fourth-order valence-corrected chi connectivity index (χ4v) is 2.06. The van der Waals surface area contributed by atoms with Crippen LogP contribution in [0.15, 0.2) is 48.5 Å². The molecule has 0 heterocycles. The van der Waals surface area contributed by atoms with Crippen LogP contribution in [0.5, 0.6) is 0 Å². The fraction of sp³-hybridized carbons (Fsp3) is 0.125. The van der Waals surface area contributed by atoms with Gasteiger partial charge in [-0.15, -0.1) is 0 Å². The molecule has 0 bridgehead atoms. The maximum absolute atomic E-state index is 12.9. The van der Waals surface area contributed by atoms with Crippen LogP contribution in [0, 0.1) is 0 Å². The number of nitrogens with one attached hydrogen (secondary N) is 1. The van der Waals surface area contributed by atoms with Gasteiger partial charge in [-0.3, -0.25) is 9.59 Å². The molecule has 0 aromatic heterocycles. The zero-order valence-corrected chi connectivity index (χ0v) is 11.7. The average molecular weight is 323 g/mol. The molecular weight excluding hydrogens is 311 g/mol. The number of hydrogen-bond donors (Lipinski definition) is 2. The number of anilines is 1. The number of amides is 1. The Morgan fingerprint density at radius 3 is 2.39 bits per heavy atom. The van der Waals surface area contributed by atoms with Crippen LogP contribution in [0.25, 0.3) is 0 Å². The van der Waals surface area contributed by atoms with Crippen molar-refractivity contribution in [1.82, 2.24) is 0 Å². The Bertz CT molecular complexity index is 741. The van der Waals surface area contributed by atoms with Crippen molar-refractivity contribution in [3.63, 3.8) is 0 Å². The quantitative estimate of drug-likeness (QED) is 0.904. The van der Waals surface area contributed by atoms with Crippen LogP contribution in [-0.4, -0.2) is 17.0 Å². The lowest BCUT2D eigenvalue weighted by molar-refractivity contribution is -0.138. The van der Waals surface area contributed by atoms with Crippen molar-refractivity contribution in [3.8, 4) is 0 Å². The summed E-state index contributed by atoms with van der Waals surface area (Å²) < 4.78 is 38.7. The first-order valence-electron chi connectivity index (χ1n) is 6.55. The minimum Gasteiger partial charge on any atom is -0.481 e. The second-order valence-corrected chi connectivity index (χ2v) is 4.77. The molecule has 2 N–H and O–H groups in total. The van der Waals surface area contributed by atoms with Crippen molar-refractivity contribution in [1.29, 1.82) is 0 Å². The molecule has 2 rings (SSSR count). The van der Waals surface area contributed by atoms with Gasteiger partial charge in [-0.25, -0.2) is 0 Å². The second kappa shape index (κ2) is 6.51. The van der Waals surface area contributed by atoms with Gasteiger partial charge in [-0.1, -0.05) is 24.3 Å². The summed E-state index contributed by atoms with van der Waals surface area (Å²) in [5.74, 6) is -1.96. The van der Waals surface area contributed by atoms with Crippen LogP contribution < -0.4 is 5.32 Å². The lowest BCUT2D eigenvalue weighted by Crippen LogP contribution is -2.18. The molecule has 0 unspecified atom stereocenters. The van der Waals surface area contributed by atoms with Crippen LogP contribution in [-0.2, 0) is 17.4 Å². The molecular formula is C16H12F3NO3. The third kappa shape index (κ3) is 4.32. The fourth-order valence-electron chi connectivity index (χ4n) is 2.06. The first-order valence-corrected chi connectivity index (χ1v) is 6.55. The Labute approximate surface area is 129 Å². The normalized spacial score (nSPS) is 11.1. The SMILES string of the molecule is O=C(O)Cc1cccc(NC(=O)c2ccccc2C(F)(F)F)c1. The van der Waals surface area contributed by atoms with Gasteiger partial charge in [0.15, 0.2) is 0 Å². The summed E-state index contributed by atoms with van der Waals surface area (Å²) >= 11 is 0. The van der Waals surface area contributed by atoms with E-state index in [0.717, 1.165) is 12.1 Å². The van der Waals surface area contributed by atoms with Gasteiger partial charge in [0.05, 0.1) is 17.5 Å². The van der Waals surface area contributed by atoms with Gasteiger partial charge in [0.1, 0.15) is 0 Å². The molecule has 1 amide bonds. The molecule has 7 heteroatoms. The molecule has 0 aliphatic rings. The van der Waals surface area contributed by atoms with Crippen molar-refractivity contribution in [3.05, 3.63) is 65.2 Å². The maximum Gasteiger partial charge on any atom is 0.417 e. The van der Waals surface area contributed by atoms with Gasteiger partial charge in [0, 0.05) is 5.69 Å². The third-order valence-electron chi connectivity index (χ3n) is 3.02. The molecule has 0 saturated heterocycles. The number of benzene rings is 2. The summed E-state index contributed by atoms with van der Waals surface area (Å²) in [4.78, 5) is 22.8. The van der Waals surface area contributed by atoms with Crippen LogP contribution in [0.4, 0.5) is 18.9 Å². The van der Waals surface area contributed by atoms with Gasteiger partial charge >= 0.3 is 12.1 Å². The summed E-state index contributed by atoms with van der Waals surface area (Å²) in [6, 6.07) is 10.4. The maximum atomic E-state index is 12.9. The van der Waals surface area contributed by atoms with Crippen LogP contribution in [0.3, 0.4) is 0 Å². The van der Waals surface area contributed by atoms with E-state index in [1.54, 1.807) is 6.07 Å². The molecule has 4 nitrogen and oxygen atoms in total. The highest BCUT2D eigenvalue weighted by Gasteiger charge is 2.34. The molecule has 2 aromatic carbocycles. The van der Waals surface area contributed by atoms with E-state index in [4.69, 9.17) is 5.11 Å². The Hall–Kier alpha value is -2.83. The predicted molar refractivity (Wildman–Crippen MR) is 77.2 cm³/mol. The van der Waals surface area contributed by atoms with E-state index in [9.17, 15) is 22.8 Å². The van der Waals surface area contributed by atoms with E-state index in [-0.39, 0.29) is 12.1 Å². The van der Waals surface area contributed by atoms with Crippen molar-refractivity contribution in [2.45, 2.75) is 12.6 Å². The lowest BCUT2D eigenvalue weighted by Gasteiger charge is -2.13. The number of halogens is 3. The van der Waals surface area contributed by atoms with Crippen molar-refractivity contribution < 1.29 is 27.9 Å². The molecule has 2 aromatic rings. The van der Waals surface area contributed by atoms with Gasteiger partial charge < -0.3 is 10.4 Å². The molecule has 120 valence electrons. The summed E-state index contributed by atoms with van der Waals surface area (Å²) in [6.45, 7) is 0. The second-order valence-electron chi connectivity index (χ2n) is 4.77. The molecule has 0 radical (unpaired) electrons. The Kier molecular flexibility index (Phi) is 4.68. The van der Waals surface area contributed by atoms with Gasteiger partial charge in [-0.05, 0) is 29.8 Å². The number of alkyl halides is 3. The number of rotatable bonds is 4. The van der Waals surface area contributed by atoms with Crippen molar-refractivity contribution >= 4 is 17.6 Å². The Balaban J connectivity index is 2.25. The summed E-state index contributed by atoms with van der Waals surface area (Å²) in [5.41, 5.74) is -0.868. The number of hydrogen-bond acceptors (Lipinski definition) is 2. The highest BCUT2D eigenvalue weighted by molar-refractivity contribution is 6.05. The number of carboxylic acids is 1. The largest absolute Gasteiger partial charge is 0.481 e. The Morgan fingerprint density at radius 1 is 1.04 bits per heavy atom. The highest BCUT2D eigenvalue weighted by atomic mass is 19.4. The van der Waals surface area contributed by atoms with Gasteiger partial charge in [-0.2, -0.15) is 13.2 Å². The van der Waals surface area contributed by atoms with E-state index in [2.05, 4.69) is 5.32 Å². The molecule has 23 heavy (non-hydrogen) atoms. The summed E-state index contributed by atoms with van der Waals surface area (Å²) in [5, 5.41) is 11.1. The number of carbonyl (C=O) groups excluding carboxylic acids is 1. The number of carbonyl (C=O) groups is 2. The molecule has 0 saturated carbocycles. The summed E-state index contributed by atoms with van der Waals surface area (Å²) in [7, 11) is 0. The predicted octanol–water partition coefficient (Wildman–Crippen LogP) is 3.58. The topological polar surface area (TPSA) is 66.4 Å². The van der Waals surface area contributed by atoms with Crippen LogP contribution in [0.2, 0.25) is 0 Å². The molecule has 0 atom stereocenters. The molecule has 0 aliphatic heterocycles. The minimum absolute atomic E-state index is 0.228. The molecule has 0 spiro atoms. The standard InChI is InChI=1S/C16H12F3NO3/c17-16(18,19)13-7-2-1-6-12(13)15(23)20-11-5-3-4-10(8-11)9-14(21)22/h1-8H,9H2,(H,20,23)(H,21,22). The molecule has 0 fully saturated rings. The highest BCUT2D eigenvalue weighted by Crippen LogP contribution is 2.32. The van der Waals surface area contributed by atoms with E-state index in [1.807, 2.05) is 0 Å². The number of aliphatic carboxylic acids is 1. The van der Waals surface area contributed by atoms with Gasteiger partial charge in [0.25, 0.3) is 5.91 Å². The number of carboxylic acid groups (broad SMARTS) is 1. The molecule has 0 aliphatic carbocycles. The monoisotopic (exact) mass is 323 g/mol. The lowest BCUT2D eigenvalue weighted by atomic mass is 10.1. The van der Waals surface area contributed by atoms with E-state index < -0.39 is 29.2 Å². The average Bonchev–Trinajstić information content (AvgIpc) is 2.46. The summed E-state index contributed by atoms with van der Waals surface area (Å²) in [6.07, 6.45) is -4.89. The van der Waals surface area contributed by atoms with Crippen molar-refractivity contribution in [2.24, 2.45) is 0 Å². The smallest absolute Gasteiger partial charge is 0.417 e. The van der Waals surface area contributed by atoms with Gasteiger partial charge in [0.2, 0.25) is 0 Å². The zero-order valence-electron chi connectivity index (χ0n) is 11.7. The van der Waals surface area contributed by atoms with Crippen molar-refractivity contribution in [2.75, 3.05) is 5.32 Å². The third-order valence-corrected chi connectivity index (χ3v) is 3.02. The van der Waals surface area contributed by atoms with Crippen LogP contribution in [0.1, 0.15) is 21.5 Å². The van der Waals surface area contributed by atoms with Crippen LogP contribution >= 0.6 is 0 Å².